The van der Waals surface area contributed by atoms with E-state index < -0.39 is 0 Å². The number of halogens is 2. The lowest BCUT2D eigenvalue weighted by atomic mass is 10.0. The van der Waals surface area contributed by atoms with Gasteiger partial charge in [0.05, 0.1) is 10.5 Å². The van der Waals surface area contributed by atoms with Crippen LogP contribution in [0.15, 0.2) is 29.0 Å². The number of hydrogen-bond acceptors (Lipinski definition) is 4. The van der Waals surface area contributed by atoms with E-state index in [0.29, 0.717) is 10.9 Å². The van der Waals surface area contributed by atoms with Gasteiger partial charge in [0, 0.05) is 13.5 Å². The van der Waals surface area contributed by atoms with Gasteiger partial charge in [-0.15, -0.1) is 0 Å². The summed E-state index contributed by atoms with van der Waals surface area (Å²) in [6.07, 6.45) is 2.01. The molecule has 3 N–H and O–H groups in total. The van der Waals surface area contributed by atoms with Crippen molar-refractivity contribution in [2.24, 2.45) is 12.9 Å². The summed E-state index contributed by atoms with van der Waals surface area (Å²) >= 11 is 3.12. The quantitative estimate of drug-likeness (QED) is 0.662. The number of nitrogens with one attached hydrogen (secondary N) is 1. The molecule has 1 heterocycles. The van der Waals surface area contributed by atoms with Gasteiger partial charge >= 0.3 is 0 Å². The molecule has 0 aliphatic carbocycles. The lowest BCUT2D eigenvalue weighted by Gasteiger charge is -2.16. The Labute approximate surface area is 112 Å². The van der Waals surface area contributed by atoms with Gasteiger partial charge in [-0.3, -0.25) is 16.0 Å². The van der Waals surface area contributed by atoms with E-state index in [4.69, 9.17) is 5.84 Å². The molecule has 7 heteroatoms. The molecule has 0 amide bonds. The summed E-state index contributed by atoms with van der Waals surface area (Å²) in [6, 6.07) is 4.71. The Kier molecular flexibility index (Phi) is 4.05. The van der Waals surface area contributed by atoms with Gasteiger partial charge in [-0.2, -0.15) is 5.10 Å². The third kappa shape index (κ3) is 2.74. The number of benzene rings is 1. The maximum absolute atomic E-state index is 13.5. The summed E-state index contributed by atoms with van der Waals surface area (Å²) in [6.45, 7) is 0. The lowest BCUT2D eigenvalue weighted by Crippen LogP contribution is -2.30. The number of hydrogen-bond donors (Lipinski definition) is 2. The van der Waals surface area contributed by atoms with Crippen molar-refractivity contribution >= 4 is 15.9 Å². The van der Waals surface area contributed by atoms with Crippen LogP contribution in [0.3, 0.4) is 0 Å². The zero-order chi connectivity index (χ0) is 13.1. The molecule has 2 rings (SSSR count). The Morgan fingerprint density at radius 1 is 1.56 bits per heavy atom. The molecule has 1 aromatic heterocycles. The number of hydrazine groups is 1. The van der Waals surface area contributed by atoms with Gasteiger partial charge in [0.15, 0.2) is 0 Å². The van der Waals surface area contributed by atoms with E-state index in [2.05, 4.69) is 31.4 Å². The summed E-state index contributed by atoms with van der Waals surface area (Å²) in [5.41, 5.74) is 3.43. The van der Waals surface area contributed by atoms with Crippen molar-refractivity contribution in [1.82, 2.24) is 20.2 Å². The standard InChI is InChI=1S/C11H13BrFN5/c1-18-11(15-6-16-18)5-10(17-14)7-2-3-8(12)9(13)4-7/h2-4,6,10,17H,5,14H2,1H3. The fraction of sp³-hybridized carbons (Fsp3) is 0.273. The molecule has 0 saturated carbocycles. The first-order chi connectivity index (χ1) is 8.61. The van der Waals surface area contributed by atoms with E-state index in [0.717, 1.165) is 11.4 Å². The van der Waals surface area contributed by atoms with Crippen LogP contribution in [-0.4, -0.2) is 14.8 Å². The molecule has 18 heavy (non-hydrogen) atoms. The van der Waals surface area contributed by atoms with Crippen LogP contribution in [-0.2, 0) is 13.5 Å². The Morgan fingerprint density at radius 3 is 2.89 bits per heavy atom. The van der Waals surface area contributed by atoms with Crippen LogP contribution in [0.2, 0.25) is 0 Å². The highest BCUT2D eigenvalue weighted by Gasteiger charge is 2.15. The molecule has 0 spiro atoms. The lowest BCUT2D eigenvalue weighted by molar-refractivity contribution is 0.518. The summed E-state index contributed by atoms with van der Waals surface area (Å²) in [7, 11) is 1.80. The highest BCUT2D eigenvalue weighted by molar-refractivity contribution is 9.10. The van der Waals surface area contributed by atoms with Gasteiger partial charge in [-0.1, -0.05) is 6.07 Å². The van der Waals surface area contributed by atoms with Gasteiger partial charge in [-0.05, 0) is 33.6 Å². The van der Waals surface area contributed by atoms with Crippen molar-refractivity contribution < 1.29 is 4.39 Å². The van der Waals surface area contributed by atoms with E-state index in [1.807, 2.05) is 6.07 Å². The minimum Gasteiger partial charge on any atom is -0.271 e. The summed E-state index contributed by atoms with van der Waals surface area (Å²) in [4.78, 5) is 4.12. The molecule has 2 aromatic rings. The fourth-order valence-corrected chi connectivity index (χ4v) is 1.94. The molecule has 0 fully saturated rings. The highest BCUT2D eigenvalue weighted by Crippen LogP contribution is 2.22. The molecular formula is C11H13BrFN5. The first-order valence-corrected chi connectivity index (χ1v) is 6.15. The molecular weight excluding hydrogens is 301 g/mol. The number of aromatic nitrogens is 3. The van der Waals surface area contributed by atoms with Crippen LogP contribution >= 0.6 is 15.9 Å². The number of rotatable bonds is 4. The van der Waals surface area contributed by atoms with Crippen molar-refractivity contribution in [1.29, 1.82) is 0 Å². The maximum Gasteiger partial charge on any atom is 0.138 e. The van der Waals surface area contributed by atoms with Crippen LogP contribution in [0.4, 0.5) is 4.39 Å². The predicted octanol–water partition coefficient (Wildman–Crippen LogP) is 1.46. The van der Waals surface area contributed by atoms with E-state index in [1.54, 1.807) is 17.8 Å². The molecule has 1 atom stereocenters. The zero-order valence-corrected chi connectivity index (χ0v) is 11.4. The van der Waals surface area contributed by atoms with E-state index in [-0.39, 0.29) is 11.9 Å². The fourth-order valence-electron chi connectivity index (χ4n) is 1.69. The van der Waals surface area contributed by atoms with E-state index >= 15 is 0 Å². The third-order valence-electron chi connectivity index (χ3n) is 2.74. The van der Waals surface area contributed by atoms with Crippen molar-refractivity contribution in [3.63, 3.8) is 0 Å². The largest absolute Gasteiger partial charge is 0.271 e. The van der Waals surface area contributed by atoms with Gasteiger partial charge in [0.25, 0.3) is 0 Å². The average molecular weight is 314 g/mol. The number of aryl methyl sites for hydroxylation is 1. The highest BCUT2D eigenvalue weighted by atomic mass is 79.9. The Balaban J connectivity index is 2.23. The van der Waals surface area contributed by atoms with Crippen molar-refractivity contribution in [2.75, 3.05) is 0 Å². The molecule has 0 saturated heterocycles. The average Bonchev–Trinajstić information content (AvgIpc) is 2.75. The Morgan fingerprint density at radius 2 is 2.33 bits per heavy atom. The minimum atomic E-state index is -0.314. The van der Waals surface area contributed by atoms with Crippen LogP contribution in [0.5, 0.6) is 0 Å². The molecule has 0 aliphatic heterocycles. The molecule has 1 aromatic carbocycles. The topological polar surface area (TPSA) is 68.8 Å². The Bertz CT molecular complexity index is 542. The van der Waals surface area contributed by atoms with E-state index in [1.165, 1.54) is 12.4 Å². The third-order valence-corrected chi connectivity index (χ3v) is 3.38. The van der Waals surface area contributed by atoms with Crippen molar-refractivity contribution in [2.45, 2.75) is 12.5 Å². The van der Waals surface area contributed by atoms with Gasteiger partial charge in [-0.25, -0.2) is 9.37 Å². The number of nitrogens with two attached hydrogens (primary N) is 1. The second-order valence-electron chi connectivity index (χ2n) is 3.90. The summed E-state index contributed by atoms with van der Waals surface area (Å²) in [5, 5.41) is 3.98. The smallest absolute Gasteiger partial charge is 0.138 e. The first-order valence-electron chi connectivity index (χ1n) is 5.35. The molecule has 0 bridgehead atoms. The molecule has 0 radical (unpaired) electrons. The predicted molar refractivity (Wildman–Crippen MR) is 68.9 cm³/mol. The van der Waals surface area contributed by atoms with Gasteiger partial charge in [0.2, 0.25) is 0 Å². The van der Waals surface area contributed by atoms with Crippen LogP contribution < -0.4 is 11.3 Å². The molecule has 96 valence electrons. The monoisotopic (exact) mass is 313 g/mol. The SMILES string of the molecule is Cn1ncnc1CC(NN)c1ccc(Br)c(F)c1. The Hall–Kier alpha value is -1.31. The minimum absolute atomic E-state index is 0.213. The number of nitrogens with zero attached hydrogens (tertiary/aromatic N) is 3. The van der Waals surface area contributed by atoms with Crippen LogP contribution in [0, 0.1) is 5.82 Å². The first kappa shape index (κ1) is 13.1. The summed E-state index contributed by atoms with van der Waals surface area (Å²) < 4.78 is 15.6. The van der Waals surface area contributed by atoms with Crippen LogP contribution in [0.25, 0.3) is 0 Å². The van der Waals surface area contributed by atoms with Crippen molar-refractivity contribution in [3.8, 4) is 0 Å². The van der Waals surface area contributed by atoms with Crippen LogP contribution in [0.1, 0.15) is 17.4 Å². The van der Waals surface area contributed by atoms with Crippen molar-refractivity contribution in [3.05, 3.63) is 46.2 Å². The molecule has 0 aliphatic rings. The second kappa shape index (κ2) is 5.55. The molecule has 5 nitrogen and oxygen atoms in total. The normalized spacial score (nSPS) is 12.7. The maximum atomic E-state index is 13.5. The zero-order valence-electron chi connectivity index (χ0n) is 9.77. The van der Waals surface area contributed by atoms with E-state index in [9.17, 15) is 4.39 Å². The second-order valence-corrected chi connectivity index (χ2v) is 4.75. The van der Waals surface area contributed by atoms with Gasteiger partial charge in [0.1, 0.15) is 18.0 Å². The summed E-state index contributed by atoms with van der Waals surface area (Å²) in [5.74, 6) is 5.98. The molecule has 1 unspecified atom stereocenters. The van der Waals surface area contributed by atoms with Gasteiger partial charge < -0.3 is 0 Å².